The highest BCUT2D eigenvalue weighted by molar-refractivity contribution is 7.88. The van der Waals surface area contributed by atoms with Crippen molar-refractivity contribution in [1.82, 2.24) is 9.62 Å². The van der Waals surface area contributed by atoms with Crippen molar-refractivity contribution in [2.45, 2.75) is 51.8 Å². The van der Waals surface area contributed by atoms with E-state index in [0.717, 1.165) is 30.6 Å². The summed E-state index contributed by atoms with van der Waals surface area (Å²) >= 11 is 0. The zero-order chi connectivity index (χ0) is 16.9. The van der Waals surface area contributed by atoms with Crippen LogP contribution in [-0.4, -0.2) is 39.0 Å². The zero-order valence-electron chi connectivity index (χ0n) is 14.6. The Kier molecular flexibility index (Phi) is 6.62. The summed E-state index contributed by atoms with van der Waals surface area (Å²) in [7, 11) is -3.29. The van der Waals surface area contributed by atoms with Gasteiger partial charge in [-0.1, -0.05) is 43.7 Å². The van der Waals surface area contributed by atoms with Crippen molar-refractivity contribution in [2.24, 2.45) is 5.92 Å². The van der Waals surface area contributed by atoms with Crippen LogP contribution in [-0.2, 0) is 15.8 Å². The number of hydrogen-bond acceptors (Lipinski definition) is 3. The first-order valence-electron chi connectivity index (χ1n) is 8.62. The number of sulfonamides is 1. The largest absolute Gasteiger partial charge is 0.299 e. The van der Waals surface area contributed by atoms with Gasteiger partial charge < -0.3 is 0 Å². The summed E-state index contributed by atoms with van der Waals surface area (Å²) in [5.41, 5.74) is 1.94. The van der Waals surface area contributed by atoms with E-state index in [2.05, 4.69) is 23.5 Å². The fourth-order valence-electron chi connectivity index (χ4n) is 3.31. The molecule has 1 unspecified atom stereocenters. The number of rotatable bonds is 8. The molecule has 0 bridgehead atoms. The van der Waals surface area contributed by atoms with Gasteiger partial charge in [-0.3, -0.25) is 4.90 Å². The Morgan fingerprint density at radius 1 is 1.22 bits per heavy atom. The van der Waals surface area contributed by atoms with E-state index in [0.29, 0.717) is 18.5 Å². The summed E-state index contributed by atoms with van der Waals surface area (Å²) in [4.78, 5) is 2.44. The topological polar surface area (TPSA) is 49.4 Å². The third-order valence-electron chi connectivity index (χ3n) is 4.38. The van der Waals surface area contributed by atoms with E-state index in [1.54, 1.807) is 0 Å². The van der Waals surface area contributed by atoms with Gasteiger partial charge in [0.25, 0.3) is 0 Å². The fraction of sp³-hybridized carbons (Fsp3) is 0.667. The highest BCUT2D eigenvalue weighted by Gasteiger charge is 2.24. The second-order valence-electron chi connectivity index (χ2n) is 7.12. The first kappa shape index (κ1) is 18.4. The summed E-state index contributed by atoms with van der Waals surface area (Å²) in [6.45, 7) is 9.09. The normalized spacial score (nSPS) is 17.7. The van der Waals surface area contributed by atoms with Crippen molar-refractivity contribution in [3.63, 3.8) is 0 Å². The Balaban J connectivity index is 1.95. The minimum Gasteiger partial charge on any atom is -0.299 e. The van der Waals surface area contributed by atoms with E-state index in [9.17, 15) is 8.42 Å². The maximum atomic E-state index is 12.4. The molecule has 4 nitrogen and oxygen atoms in total. The maximum Gasteiger partial charge on any atom is 0.215 e. The van der Waals surface area contributed by atoms with Crippen LogP contribution in [0, 0.1) is 12.8 Å². The number of benzene rings is 1. The molecule has 1 heterocycles. The molecule has 0 saturated carbocycles. The first-order chi connectivity index (χ1) is 10.9. The molecule has 1 aliphatic rings. The molecule has 5 heteroatoms. The second-order valence-corrected chi connectivity index (χ2v) is 8.93. The second kappa shape index (κ2) is 8.27. The molecule has 1 N–H and O–H groups in total. The Bertz CT molecular complexity index is 593. The van der Waals surface area contributed by atoms with E-state index in [1.165, 1.54) is 12.8 Å². The Labute approximate surface area is 141 Å². The van der Waals surface area contributed by atoms with Crippen LogP contribution in [0.25, 0.3) is 0 Å². The van der Waals surface area contributed by atoms with Gasteiger partial charge in [0, 0.05) is 12.6 Å². The van der Waals surface area contributed by atoms with Gasteiger partial charge in [0.1, 0.15) is 0 Å². The fourth-order valence-corrected chi connectivity index (χ4v) is 4.47. The van der Waals surface area contributed by atoms with Gasteiger partial charge in [-0.25, -0.2) is 13.1 Å². The van der Waals surface area contributed by atoms with Crippen LogP contribution in [0.5, 0.6) is 0 Å². The molecule has 1 aromatic rings. The molecule has 0 aromatic heterocycles. The van der Waals surface area contributed by atoms with Crippen molar-refractivity contribution in [1.29, 1.82) is 0 Å². The summed E-state index contributed by atoms with van der Waals surface area (Å²) in [6, 6.07) is 8.01. The molecule has 1 aliphatic heterocycles. The Hall–Kier alpha value is -0.910. The smallest absolute Gasteiger partial charge is 0.215 e. The third-order valence-corrected chi connectivity index (χ3v) is 5.70. The van der Waals surface area contributed by atoms with E-state index in [-0.39, 0.29) is 5.75 Å². The summed E-state index contributed by atoms with van der Waals surface area (Å²) in [6.07, 6.45) is 3.49. The SMILES string of the molecule is Cc1cccc(CS(=O)(=O)NCC(CC(C)C)N2CCCC2)c1. The maximum absolute atomic E-state index is 12.4. The van der Waals surface area contributed by atoms with Crippen LogP contribution >= 0.6 is 0 Å². The lowest BCUT2D eigenvalue weighted by molar-refractivity contribution is 0.214. The molecule has 0 spiro atoms. The quantitative estimate of drug-likeness (QED) is 0.793. The lowest BCUT2D eigenvalue weighted by Gasteiger charge is -2.29. The van der Waals surface area contributed by atoms with Gasteiger partial charge in [0.05, 0.1) is 5.75 Å². The molecule has 2 rings (SSSR count). The van der Waals surface area contributed by atoms with E-state index in [1.807, 2.05) is 31.2 Å². The average Bonchev–Trinajstić information content (AvgIpc) is 2.96. The van der Waals surface area contributed by atoms with Crippen LogP contribution in [0.3, 0.4) is 0 Å². The Morgan fingerprint density at radius 2 is 1.91 bits per heavy atom. The lowest BCUT2D eigenvalue weighted by atomic mass is 10.0. The van der Waals surface area contributed by atoms with E-state index < -0.39 is 10.0 Å². The number of hydrogen-bond donors (Lipinski definition) is 1. The predicted molar refractivity (Wildman–Crippen MR) is 95.9 cm³/mol. The molecule has 0 aliphatic carbocycles. The molecule has 0 radical (unpaired) electrons. The number of likely N-dealkylation sites (tertiary alicyclic amines) is 1. The minimum atomic E-state index is -3.29. The number of nitrogens with zero attached hydrogens (tertiary/aromatic N) is 1. The Morgan fingerprint density at radius 3 is 2.52 bits per heavy atom. The van der Waals surface area contributed by atoms with Crippen LogP contribution in [0.2, 0.25) is 0 Å². The van der Waals surface area contributed by atoms with Gasteiger partial charge in [0.15, 0.2) is 0 Å². The van der Waals surface area contributed by atoms with E-state index in [4.69, 9.17) is 0 Å². The van der Waals surface area contributed by atoms with Crippen LogP contribution in [0.1, 0.15) is 44.2 Å². The molecular weight excluding hydrogens is 308 g/mol. The predicted octanol–water partition coefficient (Wildman–Crippen LogP) is 2.92. The highest BCUT2D eigenvalue weighted by atomic mass is 32.2. The monoisotopic (exact) mass is 338 g/mol. The molecule has 0 amide bonds. The summed E-state index contributed by atoms with van der Waals surface area (Å²) in [5, 5.41) is 0. The third kappa shape index (κ3) is 6.24. The van der Waals surface area contributed by atoms with Gasteiger partial charge in [-0.2, -0.15) is 0 Å². The minimum absolute atomic E-state index is 0.0586. The lowest BCUT2D eigenvalue weighted by Crippen LogP contribution is -2.43. The molecule has 1 fully saturated rings. The van der Waals surface area contributed by atoms with Crippen molar-refractivity contribution in [3.05, 3.63) is 35.4 Å². The highest BCUT2D eigenvalue weighted by Crippen LogP contribution is 2.18. The van der Waals surface area contributed by atoms with Gasteiger partial charge in [-0.05, 0) is 50.8 Å². The zero-order valence-corrected chi connectivity index (χ0v) is 15.4. The molecule has 1 aromatic carbocycles. The molecule has 1 atom stereocenters. The average molecular weight is 339 g/mol. The first-order valence-corrected chi connectivity index (χ1v) is 10.3. The molecule has 1 saturated heterocycles. The van der Waals surface area contributed by atoms with Gasteiger partial charge >= 0.3 is 0 Å². The summed E-state index contributed by atoms with van der Waals surface area (Å²) in [5.74, 6) is 0.630. The molecule has 23 heavy (non-hydrogen) atoms. The van der Waals surface area contributed by atoms with Crippen LogP contribution in [0.15, 0.2) is 24.3 Å². The van der Waals surface area contributed by atoms with Crippen molar-refractivity contribution in [3.8, 4) is 0 Å². The standard InChI is InChI=1S/C18H30N2O2S/c1-15(2)11-18(20-9-4-5-10-20)13-19-23(21,22)14-17-8-6-7-16(3)12-17/h6-8,12,15,18-19H,4-5,9-11,13-14H2,1-3H3. The number of aryl methyl sites for hydroxylation is 1. The van der Waals surface area contributed by atoms with E-state index >= 15 is 0 Å². The van der Waals surface area contributed by atoms with Gasteiger partial charge in [-0.15, -0.1) is 0 Å². The molecular formula is C18H30N2O2S. The number of nitrogens with one attached hydrogen (secondary N) is 1. The van der Waals surface area contributed by atoms with Crippen molar-refractivity contribution >= 4 is 10.0 Å². The molecule has 130 valence electrons. The van der Waals surface area contributed by atoms with Crippen molar-refractivity contribution in [2.75, 3.05) is 19.6 Å². The van der Waals surface area contributed by atoms with Crippen molar-refractivity contribution < 1.29 is 8.42 Å². The van der Waals surface area contributed by atoms with Crippen LogP contribution < -0.4 is 4.72 Å². The van der Waals surface area contributed by atoms with Crippen LogP contribution in [0.4, 0.5) is 0 Å². The van der Waals surface area contributed by atoms with Gasteiger partial charge in [0.2, 0.25) is 10.0 Å². The summed E-state index contributed by atoms with van der Waals surface area (Å²) < 4.78 is 27.6.